The van der Waals surface area contributed by atoms with Gasteiger partial charge < -0.3 is 14.4 Å². The lowest BCUT2D eigenvalue weighted by molar-refractivity contribution is -0.135. The van der Waals surface area contributed by atoms with Crippen molar-refractivity contribution in [2.75, 3.05) is 46.2 Å². The monoisotopic (exact) mass is 342 g/mol. The fourth-order valence-corrected chi connectivity index (χ4v) is 3.02. The van der Waals surface area contributed by atoms with Gasteiger partial charge in [-0.15, -0.1) is 0 Å². The zero-order valence-electron chi connectivity index (χ0n) is 13.4. The molecule has 0 unspecified atom stereocenters. The maximum Gasteiger partial charge on any atom is 0.238 e. The standard InChI is InChI=1S/C15H22N2O5S/c1-21-14-5-3-13(4-6-14)11-17(23(2,19)20)12-15(18)16-7-9-22-10-8-16/h3-6H,7-12H2,1-2H3. The number of hydrogen-bond acceptors (Lipinski definition) is 5. The van der Waals surface area contributed by atoms with Crippen LogP contribution < -0.4 is 4.74 Å². The molecule has 1 heterocycles. The van der Waals surface area contributed by atoms with Crippen LogP contribution in [0.2, 0.25) is 0 Å². The Hall–Kier alpha value is -1.64. The number of nitrogens with zero attached hydrogens (tertiary/aromatic N) is 2. The van der Waals surface area contributed by atoms with E-state index in [-0.39, 0.29) is 19.0 Å². The molecule has 0 aromatic heterocycles. The predicted molar refractivity (Wildman–Crippen MR) is 85.6 cm³/mol. The number of carbonyl (C=O) groups is 1. The molecule has 0 bridgehead atoms. The van der Waals surface area contributed by atoms with Crippen molar-refractivity contribution < 1.29 is 22.7 Å². The Morgan fingerprint density at radius 1 is 1.26 bits per heavy atom. The van der Waals surface area contributed by atoms with Gasteiger partial charge in [0.15, 0.2) is 0 Å². The molecule has 0 spiro atoms. The van der Waals surface area contributed by atoms with Crippen LogP contribution >= 0.6 is 0 Å². The highest BCUT2D eigenvalue weighted by Crippen LogP contribution is 2.14. The second-order valence-corrected chi connectivity index (χ2v) is 7.35. The van der Waals surface area contributed by atoms with E-state index in [0.29, 0.717) is 32.1 Å². The van der Waals surface area contributed by atoms with Gasteiger partial charge in [-0.1, -0.05) is 12.1 Å². The minimum Gasteiger partial charge on any atom is -0.497 e. The third-order valence-corrected chi connectivity index (χ3v) is 4.86. The van der Waals surface area contributed by atoms with Crippen molar-refractivity contribution in [2.45, 2.75) is 6.54 Å². The summed E-state index contributed by atoms with van der Waals surface area (Å²) in [6, 6.07) is 7.10. The molecule has 2 rings (SSSR count). The van der Waals surface area contributed by atoms with Gasteiger partial charge in [0.2, 0.25) is 15.9 Å². The van der Waals surface area contributed by atoms with Gasteiger partial charge in [-0.2, -0.15) is 4.31 Å². The van der Waals surface area contributed by atoms with Gasteiger partial charge in [0, 0.05) is 19.6 Å². The third-order valence-electron chi connectivity index (χ3n) is 3.66. The first-order valence-corrected chi connectivity index (χ1v) is 9.18. The molecule has 1 fully saturated rings. The van der Waals surface area contributed by atoms with Gasteiger partial charge in [0.25, 0.3) is 0 Å². The maximum atomic E-state index is 12.3. The SMILES string of the molecule is COc1ccc(CN(CC(=O)N2CCOCC2)S(C)(=O)=O)cc1. The van der Waals surface area contributed by atoms with Gasteiger partial charge in [0.05, 0.1) is 33.1 Å². The van der Waals surface area contributed by atoms with E-state index in [9.17, 15) is 13.2 Å². The van der Waals surface area contributed by atoms with Crippen molar-refractivity contribution in [3.63, 3.8) is 0 Å². The number of sulfonamides is 1. The summed E-state index contributed by atoms with van der Waals surface area (Å²) in [4.78, 5) is 13.9. The van der Waals surface area contributed by atoms with Crippen LogP contribution in [0.4, 0.5) is 0 Å². The fraction of sp³-hybridized carbons (Fsp3) is 0.533. The number of morpholine rings is 1. The van der Waals surface area contributed by atoms with Crippen LogP contribution in [0.5, 0.6) is 5.75 Å². The fourth-order valence-electron chi connectivity index (χ4n) is 2.29. The van der Waals surface area contributed by atoms with Crippen LogP contribution in [-0.4, -0.2) is 69.7 Å². The van der Waals surface area contributed by atoms with Gasteiger partial charge in [-0.25, -0.2) is 8.42 Å². The normalized spacial score (nSPS) is 15.7. The molecule has 0 saturated carbocycles. The molecule has 1 aromatic carbocycles. The minimum absolute atomic E-state index is 0.152. The number of rotatable bonds is 6. The third kappa shape index (κ3) is 5.19. The molecule has 1 aliphatic rings. The van der Waals surface area contributed by atoms with Gasteiger partial charge in [0.1, 0.15) is 5.75 Å². The quantitative estimate of drug-likeness (QED) is 0.744. The molecule has 8 heteroatoms. The molecule has 1 aliphatic heterocycles. The molecule has 1 amide bonds. The van der Waals surface area contributed by atoms with Crippen LogP contribution in [0.3, 0.4) is 0 Å². The van der Waals surface area contributed by atoms with Crippen molar-refractivity contribution >= 4 is 15.9 Å². The largest absolute Gasteiger partial charge is 0.497 e. The highest BCUT2D eigenvalue weighted by molar-refractivity contribution is 7.88. The zero-order chi connectivity index (χ0) is 16.9. The topological polar surface area (TPSA) is 76.2 Å². The number of amides is 1. The number of carbonyl (C=O) groups excluding carboxylic acids is 1. The van der Waals surface area contributed by atoms with Gasteiger partial charge >= 0.3 is 0 Å². The number of hydrogen-bond donors (Lipinski definition) is 0. The van der Waals surface area contributed by atoms with E-state index < -0.39 is 10.0 Å². The minimum atomic E-state index is -3.49. The molecule has 1 saturated heterocycles. The average Bonchev–Trinajstić information content (AvgIpc) is 2.54. The predicted octanol–water partition coefficient (Wildman–Crippen LogP) is 0.316. The number of ether oxygens (including phenoxy) is 2. The Morgan fingerprint density at radius 2 is 1.87 bits per heavy atom. The average molecular weight is 342 g/mol. The summed E-state index contributed by atoms with van der Waals surface area (Å²) in [6.45, 7) is 1.97. The van der Waals surface area contributed by atoms with Gasteiger partial charge in [-0.05, 0) is 17.7 Å². The summed E-state index contributed by atoms with van der Waals surface area (Å²) in [5.74, 6) is 0.497. The van der Waals surface area contributed by atoms with E-state index in [1.54, 1.807) is 36.3 Å². The lowest BCUT2D eigenvalue weighted by Gasteiger charge is -2.29. The Kier molecular flexibility index (Phi) is 5.97. The van der Waals surface area contributed by atoms with Crippen molar-refractivity contribution in [3.05, 3.63) is 29.8 Å². The molecule has 1 aromatic rings. The second-order valence-electron chi connectivity index (χ2n) is 5.37. The molecule has 0 atom stereocenters. The number of methoxy groups -OCH3 is 1. The van der Waals surface area contributed by atoms with E-state index in [2.05, 4.69) is 0 Å². The summed E-state index contributed by atoms with van der Waals surface area (Å²) in [7, 11) is -1.92. The maximum absolute atomic E-state index is 12.3. The summed E-state index contributed by atoms with van der Waals surface area (Å²) < 4.78 is 35.4. The molecule has 0 aliphatic carbocycles. The van der Waals surface area contributed by atoms with Crippen LogP contribution in [-0.2, 0) is 26.1 Å². The zero-order valence-corrected chi connectivity index (χ0v) is 14.2. The molecule has 0 N–H and O–H groups in total. The van der Waals surface area contributed by atoms with Crippen molar-refractivity contribution in [2.24, 2.45) is 0 Å². The molecular formula is C15H22N2O5S. The summed E-state index contributed by atoms with van der Waals surface area (Å²) in [5, 5.41) is 0. The van der Waals surface area contributed by atoms with E-state index in [0.717, 1.165) is 11.8 Å². The Balaban J connectivity index is 2.05. The molecule has 128 valence electrons. The second kappa shape index (κ2) is 7.76. The lowest BCUT2D eigenvalue weighted by atomic mass is 10.2. The molecular weight excluding hydrogens is 320 g/mol. The summed E-state index contributed by atoms with van der Waals surface area (Å²) in [5.41, 5.74) is 0.797. The first-order chi connectivity index (χ1) is 10.9. The van der Waals surface area contributed by atoms with E-state index in [1.165, 1.54) is 4.31 Å². The lowest BCUT2D eigenvalue weighted by Crippen LogP contribution is -2.46. The molecule has 7 nitrogen and oxygen atoms in total. The smallest absolute Gasteiger partial charge is 0.238 e. The first-order valence-electron chi connectivity index (χ1n) is 7.33. The highest BCUT2D eigenvalue weighted by Gasteiger charge is 2.24. The summed E-state index contributed by atoms with van der Waals surface area (Å²) >= 11 is 0. The Morgan fingerprint density at radius 3 is 2.39 bits per heavy atom. The van der Waals surface area contributed by atoms with E-state index >= 15 is 0 Å². The van der Waals surface area contributed by atoms with Crippen molar-refractivity contribution in [1.29, 1.82) is 0 Å². The summed E-state index contributed by atoms with van der Waals surface area (Å²) in [6.07, 6.45) is 1.11. The van der Waals surface area contributed by atoms with Crippen molar-refractivity contribution in [1.82, 2.24) is 9.21 Å². The molecule has 0 radical (unpaired) electrons. The van der Waals surface area contributed by atoms with Crippen LogP contribution in [0.1, 0.15) is 5.56 Å². The first kappa shape index (κ1) is 17.7. The van der Waals surface area contributed by atoms with Crippen LogP contribution in [0, 0.1) is 0 Å². The van der Waals surface area contributed by atoms with Crippen molar-refractivity contribution in [3.8, 4) is 5.75 Å². The van der Waals surface area contributed by atoms with E-state index in [4.69, 9.17) is 9.47 Å². The van der Waals surface area contributed by atoms with E-state index in [1.807, 2.05) is 0 Å². The highest BCUT2D eigenvalue weighted by atomic mass is 32.2. The van der Waals surface area contributed by atoms with Crippen LogP contribution in [0.25, 0.3) is 0 Å². The number of benzene rings is 1. The Labute approximate surface area is 136 Å². The Bertz CT molecular complexity index is 624. The molecule has 23 heavy (non-hydrogen) atoms. The van der Waals surface area contributed by atoms with Gasteiger partial charge in [-0.3, -0.25) is 4.79 Å². The van der Waals surface area contributed by atoms with Crippen LogP contribution in [0.15, 0.2) is 24.3 Å².